The molecule has 0 atom stereocenters. The van der Waals surface area contributed by atoms with Gasteiger partial charge in [-0.2, -0.15) is 0 Å². The summed E-state index contributed by atoms with van der Waals surface area (Å²) in [5, 5.41) is 0. The fourth-order valence-corrected chi connectivity index (χ4v) is 14.7. The first-order valence-corrected chi connectivity index (χ1v) is 15.2. The van der Waals surface area contributed by atoms with Gasteiger partial charge in [0.2, 0.25) is 0 Å². The molecule has 0 spiro atoms. The standard InChI is InChI=1S/C13H7Br2.C6H10.C5H5.2ClH.Zr/c14-10-3-1-8-5-9-2-4-11(15)7-13(9)12(8)6-10;1-2-4-6-5-3-1;1-2-4-5-3-1;;;/h1,3-4,6-7H,5H2;1-5H2;1-3H,4H2;2*1H;/q;;;;;+2/p-2. The maximum absolute atomic E-state index is 3.86. The Morgan fingerprint density at radius 3 is 2.31 bits per heavy atom. The van der Waals surface area contributed by atoms with Gasteiger partial charge in [-0.1, -0.05) is 0 Å². The number of fused-ring (bicyclic) bond motifs is 3. The Bertz CT molecular complexity index is 1030. The van der Waals surface area contributed by atoms with Crippen LogP contribution in [0.15, 0.2) is 60.8 Å². The molecule has 1 fully saturated rings. The van der Waals surface area contributed by atoms with Crippen molar-refractivity contribution in [2.24, 2.45) is 0 Å². The molecule has 0 unspecified atom stereocenters. The van der Waals surface area contributed by atoms with Crippen LogP contribution in [0.3, 0.4) is 0 Å². The molecule has 0 bridgehead atoms. The van der Waals surface area contributed by atoms with Gasteiger partial charge in [-0.3, -0.25) is 0 Å². The fourth-order valence-electron chi connectivity index (χ4n) is 4.89. The van der Waals surface area contributed by atoms with Crippen LogP contribution in [0.1, 0.15) is 49.7 Å². The number of hydrogen-bond donors (Lipinski definition) is 0. The molecular formula is C24H22Br2Cl2Zr. The van der Waals surface area contributed by atoms with Crippen molar-refractivity contribution in [3.63, 3.8) is 0 Å². The van der Waals surface area contributed by atoms with E-state index in [0.29, 0.717) is 0 Å². The van der Waals surface area contributed by atoms with Gasteiger partial charge in [-0.05, 0) is 0 Å². The van der Waals surface area contributed by atoms with Crippen molar-refractivity contribution in [2.45, 2.75) is 44.9 Å². The smallest absolute Gasteiger partial charge is 1.00 e. The third-order valence-corrected chi connectivity index (χ3v) is 14.9. The molecule has 0 radical (unpaired) electrons. The first-order chi connectivity index (χ1) is 13.2. The molecular weight excluding hydrogens is 610 g/mol. The van der Waals surface area contributed by atoms with Crippen molar-refractivity contribution in [1.82, 2.24) is 0 Å². The van der Waals surface area contributed by atoms with Gasteiger partial charge in [-0.15, -0.1) is 0 Å². The Hall–Kier alpha value is 0.213. The summed E-state index contributed by atoms with van der Waals surface area (Å²) in [6, 6.07) is 11.7. The molecule has 0 saturated heterocycles. The Kier molecular flexibility index (Phi) is 8.41. The molecule has 2 aromatic rings. The van der Waals surface area contributed by atoms with E-state index in [4.69, 9.17) is 0 Å². The van der Waals surface area contributed by atoms with E-state index >= 15 is 0 Å². The van der Waals surface area contributed by atoms with Crippen LogP contribution in [0, 0.1) is 0 Å². The first-order valence-electron chi connectivity index (χ1n) is 9.90. The Morgan fingerprint density at radius 1 is 0.828 bits per heavy atom. The molecule has 0 heterocycles. The van der Waals surface area contributed by atoms with E-state index in [-0.39, 0.29) is 24.8 Å². The predicted octanol–water partition coefficient (Wildman–Crippen LogP) is 1.01. The summed E-state index contributed by atoms with van der Waals surface area (Å²) in [6.07, 6.45) is 16.4. The van der Waals surface area contributed by atoms with Crippen LogP contribution in [-0.4, -0.2) is 3.21 Å². The zero-order valence-corrected chi connectivity index (χ0v) is 23.2. The SMILES string of the molecule is Brc1ccc2c(c1)-c1cc(Br)c[c]([Zr+2]([C]3=CC=CC3)=[C]3CCCCC3)c1C2.[Cl-].[Cl-]. The molecule has 150 valence electrons. The van der Waals surface area contributed by atoms with Crippen LogP contribution in [0.5, 0.6) is 0 Å². The number of hydrogen-bond acceptors (Lipinski definition) is 0. The monoisotopic (exact) mass is 628 g/mol. The zero-order valence-electron chi connectivity index (χ0n) is 16.1. The molecule has 0 aliphatic heterocycles. The molecule has 3 aliphatic rings. The summed E-state index contributed by atoms with van der Waals surface area (Å²) in [5.41, 5.74) is 6.02. The van der Waals surface area contributed by atoms with Crippen molar-refractivity contribution in [3.05, 3.63) is 71.9 Å². The van der Waals surface area contributed by atoms with E-state index in [2.05, 4.69) is 80.4 Å². The van der Waals surface area contributed by atoms with Crippen molar-refractivity contribution in [3.8, 4) is 11.1 Å². The van der Waals surface area contributed by atoms with E-state index in [0.717, 1.165) is 6.42 Å². The van der Waals surface area contributed by atoms with Crippen LogP contribution in [0.25, 0.3) is 11.1 Å². The summed E-state index contributed by atoms with van der Waals surface area (Å²) in [5.74, 6) is 0. The molecule has 0 N–H and O–H groups in total. The molecule has 5 heteroatoms. The minimum atomic E-state index is -2.00. The van der Waals surface area contributed by atoms with Crippen LogP contribution in [-0.2, 0) is 27.7 Å². The van der Waals surface area contributed by atoms with Gasteiger partial charge in [0.1, 0.15) is 0 Å². The van der Waals surface area contributed by atoms with Crippen LogP contribution in [0.4, 0.5) is 0 Å². The predicted molar refractivity (Wildman–Crippen MR) is 120 cm³/mol. The van der Waals surface area contributed by atoms with Crippen molar-refractivity contribution < 1.29 is 46.1 Å². The quantitative estimate of drug-likeness (QED) is 0.396. The minimum absolute atomic E-state index is 0. The van der Waals surface area contributed by atoms with Crippen LogP contribution >= 0.6 is 31.9 Å². The van der Waals surface area contributed by atoms with Crippen molar-refractivity contribution in [2.75, 3.05) is 0 Å². The van der Waals surface area contributed by atoms with Crippen molar-refractivity contribution >= 4 is 38.3 Å². The second kappa shape index (κ2) is 10.2. The third-order valence-electron chi connectivity index (χ3n) is 6.12. The van der Waals surface area contributed by atoms with Gasteiger partial charge in [0, 0.05) is 0 Å². The Morgan fingerprint density at radius 2 is 1.59 bits per heavy atom. The summed E-state index contributed by atoms with van der Waals surface area (Å²) < 4.78 is 7.91. The maximum atomic E-state index is 3.86. The summed E-state index contributed by atoms with van der Waals surface area (Å²) in [6.45, 7) is 0. The first kappa shape index (κ1) is 23.9. The van der Waals surface area contributed by atoms with Gasteiger partial charge in [0.05, 0.1) is 0 Å². The molecule has 1 saturated carbocycles. The molecule has 2 aromatic carbocycles. The average molecular weight is 632 g/mol. The van der Waals surface area contributed by atoms with E-state index in [9.17, 15) is 0 Å². The molecule has 5 rings (SSSR count). The summed E-state index contributed by atoms with van der Waals surface area (Å²) >= 11 is 5.54. The Labute approximate surface area is 210 Å². The Balaban J connectivity index is 0.00000120. The zero-order chi connectivity index (χ0) is 18.4. The maximum Gasteiger partial charge on any atom is -1.00 e. The molecule has 0 aromatic heterocycles. The average Bonchev–Trinajstić information content (AvgIpc) is 3.31. The normalized spacial score (nSPS) is 16.2. The number of benzene rings is 2. The second-order valence-electron chi connectivity index (χ2n) is 7.82. The number of halogens is 4. The van der Waals surface area contributed by atoms with Gasteiger partial charge in [-0.25, -0.2) is 0 Å². The molecule has 0 nitrogen and oxygen atoms in total. The van der Waals surface area contributed by atoms with E-state index in [1.807, 2.05) is 3.21 Å². The van der Waals surface area contributed by atoms with E-state index < -0.39 is 21.3 Å². The van der Waals surface area contributed by atoms with E-state index in [1.165, 1.54) is 64.2 Å². The minimum Gasteiger partial charge on any atom is -1.00 e. The van der Waals surface area contributed by atoms with E-state index in [1.54, 1.807) is 12.1 Å². The van der Waals surface area contributed by atoms with Crippen molar-refractivity contribution in [1.29, 1.82) is 0 Å². The number of rotatable bonds is 2. The van der Waals surface area contributed by atoms with Crippen LogP contribution in [0.2, 0.25) is 0 Å². The fraction of sp³-hybridized carbons (Fsp3) is 0.292. The largest absolute Gasteiger partial charge is 1.00 e. The van der Waals surface area contributed by atoms with Gasteiger partial charge >= 0.3 is 188 Å². The molecule has 0 amide bonds. The van der Waals surface area contributed by atoms with Gasteiger partial charge in [0.25, 0.3) is 0 Å². The van der Waals surface area contributed by atoms with Crippen LogP contribution < -0.4 is 28.1 Å². The number of allylic oxidation sites excluding steroid dienone is 4. The summed E-state index contributed by atoms with van der Waals surface area (Å²) in [4.78, 5) is 0. The molecule has 29 heavy (non-hydrogen) atoms. The third kappa shape index (κ3) is 4.70. The van der Waals surface area contributed by atoms with Gasteiger partial charge in [0.15, 0.2) is 0 Å². The second-order valence-corrected chi connectivity index (χ2v) is 16.1. The van der Waals surface area contributed by atoms with Gasteiger partial charge < -0.3 is 24.8 Å². The molecule has 3 aliphatic carbocycles. The summed E-state index contributed by atoms with van der Waals surface area (Å²) in [7, 11) is 0. The topological polar surface area (TPSA) is 0 Å².